The van der Waals surface area contributed by atoms with Gasteiger partial charge in [0.2, 0.25) is 0 Å². The molecule has 0 aliphatic carbocycles. The molecule has 10 heteroatoms. The van der Waals surface area contributed by atoms with E-state index in [0.717, 1.165) is 18.7 Å². The summed E-state index contributed by atoms with van der Waals surface area (Å²) in [4.78, 5) is 7.14. The first-order chi connectivity index (χ1) is 14.3. The van der Waals surface area contributed by atoms with Gasteiger partial charge in [0.05, 0.1) is 18.4 Å². The van der Waals surface area contributed by atoms with Crippen LogP contribution in [0.3, 0.4) is 0 Å². The topological polar surface area (TPSA) is 49.8 Å². The van der Waals surface area contributed by atoms with Gasteiger partial charge in [-0.1, -0.05) is 27.0 Å². The predicted octanol–water partition coefficient (Wildman–Crippen LogP) is 5.80. The molecule has 170 valence electrons. The van der Waals surface area contributed by atoms with Crippen molar-refractivity contribution in [3.8, 4) is 0 Å². The Bertz CT molecular complexity index is 863. The highest BCUT2D eigenvalue weighted by Crippen LogP contribution is 2.31. The van der Waals surface area contributed by atoms with Crippen molar-refractivity contribution in [2.45, 2.75) is 45.1 Å². The summed E-state index contributed by atoms with van der Waals surface area (Å²) in [5, 5.41) is 6.19. The van der Waals surface area contributed by atoms with Crippen molar-refractivity contribution in [3.05, 3.63) is 65.8 Å². The number of nitrogens with one attached hydrogen (secondary N) is 2. The third-order valence-electron chi connectivity index (χ3n) is 4.65. The molecule has 2 rings (SSSR count). The van der Waals surface area contributed by atoms with Crippen LogP contribution < -0.4 is 10.6 Å². The molecule has 1 aromatic heterocycles. The molecule has 0 saturated carbocycles. The minimum absolute atomic E-state index is 0.156. The Morgan fingerprint density at radius 3 is 2.35 bits per heavy atom. The lowest BCUT2D eigenvalue weighted by Crippen LogP contribution is -2.36. The van der Waals surface area contributed by atoms with Crippen molar-refractivity contribution in [2.24, 2.45) is 5.92 Å². The molecule has 4 nitrogen and oxygen atoms in total. The SMILES string of the molecule is C=C(/C=C1\NCCCC1Nc1cnc(C(F)(F)F)cn1)/C(=C/C(=C)C(F)(F)F)C(C)C. The minimum atomic E-state index is -4.58. The largest absolute Gasteiger partial charge is 0.434 e. The molecule has 2 heterocycles. The molecule has 1 aliphatic rings. The fourth-order valence-electron chi connectivity index (χ4n) is 3.02. The maximum atomic E-state index is 12.9. The van der Waals surface area contributed by atoms with Crippen LogP contribution in [-0.4, -0.2) is 28.7 Å². The standard InChI is InChI=1S/C21H24F6N4/c1-12(2)15(9-14(4)20(22,23)24)13(3)8-17-16(6-5-7-28-17)31-19-11-29-18(10-30-19)21(25,26)27/h8-12,16,28H,3-7H2,1-2H3,(H,30,31)/b15-9+,17-8-. The Morgan fingerprint density at radius 2 is 1.84 bits per heavy atom. The Balaban J connectivity index is 2.24. The van der Waals surface area contributed by atoms with E-state index in [2.05, 4.69) is 33.8 Å². The predicted molar refractivity (Wildman–Crippen MR) is 107 cm³/mol. The first-order valence-electron chi connectivity index (χ1n) is 9.57. The Labute approximate surface area is 176 Å². The second kappa shape index (κ2) is 9.57. The number of rotatable bonds is 6. The first-order valence-corrected chi connectivity index (χ1v) is 9.57. The van der Waals surface area contributed by atoms with Gasteiger partial charge in [0, 0.05) is 17.8 Å². The van der Waals surface area contributed by atoms with Gasteiger partial charge >= 0.3 is 12.4 Å². The molecule has 1 saturated heterocycles. The van der Waals surface area contributed by atoms with Gasteiger partial charge in [-0.05, 0) is 42.1 Å². The lowest BCUT2D eigenvalue weighted by molar-refractivity contribution is -0.141. The zero-order valence-electron chi connectivity index (χ0n) is 17.2. The van der Waals surface area contributed by atoms with Gasteiger partial charge in [-0.15, -0.1) is 0 Å². The van der Waals surface area contributed by atoms with E-state index in [1.807, 2.05) is 0 Å². The second-order valence-corrected chi connectivity index (χ2v) is 7.45. The van der Waals surface area contributed by atoms with Crippen molar-refractivity contribution in [1.29, 1.82) is 0 Å². The summed E-state index contributed by atoms with van der Waals surface area (Å²) in [5.41, 5.74) is -0.643. The molecule has 0 bridgehead atoms. The van der Waals surface area contributed by atoms with Gasteiger partial charge < -0.3 is 10.6 Å². The molecule has 2 N–H and O–H groups in total. The molecular formula is C21H24F6N4. The summed E-state index contributed by atoms with van der Waals surface area (Å²) < 4.78 is 76.7. The highest BCUT2D eigenvalue weighted by molar-refractivity contribution is 5.46. The number of allylic oxidation sites excluding steroid dienone is 5. The summed E-state index contributed by atoms with van der Waals surface area (Å²) in [7, 11) is 0. The summed E-state index contributed by atoms with van der Waals surface area (Å²) >= 11 is 0. The Morgan fingerprint density at radius 1 is 1.16 bits per heavy atom. The van der Waals surface area contributed by atoms with E-state index in [9.17, 15) is 26.3 Å². The molecule has 1 unspecified atom stereocenters. The zero-order valence-corrected chi connectivity index (χ0v) is 17.2. The molecule has 0 spiro atoms. The Kier molecular flexibility index (Phi) is 7.56. The van der Waals surface area contributed by atoms with E-state index in [1.54, 1.807) is 19.9 Å². The van der Waals surface area contributed by atoms with Crippen LogP contribution >= 0.6 is 0 Å². The summed E-state index contributed by atoms with van der Waals surface area (Å²) in [6.07, 6.45) is -3.43. The zero-order chi connectivity index (χ0) is 23.4. The van der Waals surface area contributed by atoms with Crippen LogP contribution in [-0.2, 0) is 6.18 Å². The summed E-state index contributed by atoms with van der Waals surface area (Å²) in [6, 6.07) is -0.337. The molecule has 0 aromatic carbocycles. The number of piperidine rings is 1. The number of hydrogen-bond acceptors (Lipinski definition) is 4. The van der Waals surface area contributed by atoms with E-state index in [-0.39, 0.29) is 17.8 Å². The van der Waals surface area contributed by atoms with Crippen LogP contribution in [0.5, 0.6) is 0 Å². The molecule has 1 aromatic rings. The second-order valence-electron chi connectivity index (χ2n) is 7.45. The molecule has 31 heavy (non-hydrogen) atoms. The smallest absolute Gasteiger partial charge is 0.387 e. The first kappa shape index (κ1) is 24.5. The third kappa shape index (κ3) is 6.86. The van der Waals surface area contributed by atoms with Crippen LogP contribution in [0, 0.1) is 5.92 Å². The van der Waals surface area contributed by atoms with E-state index < -0.39 is 23.6 Å². The van der Waals surface area contributed by atoms with E-state index in [0.29, 0.717) is 36.0 Å². The van der Waals surface area contributed by atoms with E-state index in [4.69, 9.17) is 0 Å². The summed E-state index contributed by atoms with van der Waals surface area (Å²) in [5.74, 6) is -0.0810. The number of halogens is 6. The molecule has 1 fully saturated rings. The Hall–Kier alpha value is -2.78. The molecular weight excluding hydrogens is 422 g/mol. The third-order valence-corrected chi connectivity index (χ3v) is 4.65. The lowest BCUT2D eigenvalue weighted by Gasteiger charge is -2.29. The van der Waals surface area contributed by atoms with Crippen molar-refractivity contribution in [1.82, 2.24) is 15.3 Å². The average Bonchev–Trinajstić information content (AvgIpc) is 2.66. The van der Waals surface area contributed by atoms with Crippen LogP contribution in [0.1, 0.15) is 32.4 Å². The van der Waals surface area contributed by atoms with Gasteiger partial charge in [-0.3, -0.25) is 0 Å². The van der Waals surface area contributed by atoms with E-state index >= 15 is 0 Å². The number of anilines is 1. The van der Waals surface area contributed by atoms with E-state index in [1.165, 1.54) is 0 Å². The summed E-state index contributed by atoms with van der Waals surface area (Å²) in [6.45, 7) is 11.1. The number of aromatic nitrogens is 2. The average molecular weight is 446 g/mol. The van der Waals surface area contributed by atoms with Gasteiger partial charge in [0.15, 0.2) is 5.69 Å². The number of nitrogens with zero attached hydrogens (tertiary/aromatic N) is 2. The minimum Gasteiger partial charge on any atom is -0.387 e. The van der Waals surface area contributed by atoms with Crippen LogP contribution in [0.4, 0.5) is 32.2 Å². The normalized spacial score (nSPS) is 19.3. The number of alkyl halides is 6. The maximum absolute atomic E-state index is 12.9. The lowest BCUT2D eigenvalue weighted by atomic mass is 9.91. The van der Waals surface area contributed by atoms with Gasteiger partial charge in [0.25, 0.3) is 0 Å². The maximum Gasteiger partial charge on any atom is 0.434 e. The molecule has 0 radical (unpaired) electrons. The van der Waals surface area contributed by atoms with Gasteiger partial charge in [-0.25, -0.2) is 9.97 Å². The fraction of sp³-hybridized carbons (Fsp3) is 0.429. The fourth-order valence-corrected chi connectivity index (χ4v) is 3.02. The van der Waals surface area contributed by atoms with Crippen molar-refractivity contribution >= 4 is 5.82 Å². The van der Waals surface area contributed by atoms with Crippen LogP contribution in [0.25, 0.3) is 0 Å². The monoisotopic (exact) mass is 446 g/mol. The van der Waals surface area contributed by atoms with Crippen molar-refractivity contribution in [2.75, 3.05) is 11.9 Å². The van der Waals surface area contributed by atoms with Crippen LogP contribution in [0.15, 0.2) is 60.1 Å². The quantitative estimate of drug-likeness (QED) is 0.428. The molecule has 1 atom stereocenters. The molecule has 0 amide bonds. The highest BCUT2D eigenvalue weighted by atomic mass is 19.4. The van der Waals surface area contributed by atoms with Crippen molar-refractivity contribution in [3.63, 3.8) is 0 Å². The molecule has 1 aliphatic heterocycles. The van der Waals surface area contributed by atoms with Crippen LogP contribution in [0.2, 0.25) is 0 Å². The van der Waals surface area contributed by atoms with Gasteiger partial charge in [0.1, 0.15) is 5.82 Å². The van der Waals surface area contributed by atoms with Gasteiger partial charge in [-0.2, -0.15) is 26.3 Å². The highest BCUT2D eigenvalue weighted by Gasteiger charge is 2.33. The van der Waals surface area contributed by atoms with Crippen molar-refractivity contribution < 1.29 is 26.3 Å². The number of hydrogen-bond donors (Lipinski definition) is 2.